The van der Waals surface area contributed by atoms with Crippen molar-refractivity contribution in [2.75, 3.05) is 33.7 Å². The molecule has 2 atom stereocenters. The summed E-state index contributed by atoms with van der Waals surface area (Å²) in [6.07, 6.45) is 2.78. The summed E-state index contributed by atoms with van der Waals surface area (Å²) in [5, 5.41) is 10.3. The zero-order chi connectivity index (χ0) is 16.3. The Balaban J connectivity index is 2.10. The summed E-state index contributed by atoms with van der Waals surface area (Å²) in [4.78, 5) is 6.10. The van der Waals surface area contributed by atoms with Crippen molar-refractivity contribution < 1.29 is 13.5 Å². The van der Waals surface area contributed by atoms with Gasteiger partial charge in [0.25, 0.3) is 10.2 Å². The van der Waals surface area contributed by atoms with Gasteiger partial charge in [-0.1, -0.05) is 6.92 Å². The van der Waals surface area contributed by atoms with Crippen LogP contribution >= 0.6 is 0 Å². The van der Waals surface area contributed by atoms with E-state index in [9.17, 15) is 13.5 Å². The highest BCUT2D eigenvalue weighted by atomic mass is 32.2. The molecule has 0 radical (unpaired) electrons. The highest BCUT2D eigenvalue weighted by molar-refractivity contribution is 7.86. The normalized spacial score (nSPS) is 23.5. The van der Waals surface area contributed by atoms with Gasteiger partial charge in [0.1, 0.15) is 0 Å². The van der Waals surface area contributed by atoms with Crippen LogP contribution in [0, 0.1) is 0 Å². The Bertz CT molecular complexity index is 579. The molecule has 1 aliphatic heterocycles. The van der Waals surface area contributed by atoms with E-state index in [4.69, 9.17) is 0 Å². The van der Waals surface area contributed by atoms with E-state index >= 15 is 0 Å². The number of rotatable bonds is 6. The van der Waals surface area contributed by atoms with Crippen LogP contribution in [0.2, 0.25) is 0 Å². The van der Waals surface area contributed by atoms with Gasteiger partial charge in [0.15, 0.2) is 0 Å². The van der Waals surface area contributed by atoms with E-state index in [1.807, 2.05) is 19.1 Å². The molecule has 1 aliphatic rings. The molecule has 22 heavy (non-hydrogen) atoms. The zero-order valence-corrected chi connectivity index (χ0v) is 14.1. The zero-order valence-electron chi connectivity index (χ0n) is 13.3. The SMILES string of the molecule is CCN(Cc1ccncc1)[C@@H]1CN(S(=O)(=O)N(C)C)C[C@H]1O. The van der Waals surface area contributed by atoms with Crippen LogP contribution < -0.4 is 0 Å². The first-order valence-electron chi connectivity index (χ1n) is 7.35. The lowest BCUT2D eigenvalue weighted by Gasteiger charge is -2.29. The van der Waals surface area contributed by atoms with E-state index in [0.717, 1.165) is 12.1 Å². The molecule has 124 valence electrons. The summed E-state index contributed by atoms with van der Waals surface area (Å²) in [6.45, 7) is 3.85. The first-order valence-corrected chi connectivity index (χ1v) is 8.74. The molecule has 1 aromatic heterocycles. The quantitative estimate of drug-likeness (QED) is 0.780. The summed E-state index contributed by atoms with van der Waals surface area (Å²) >= 11 is 0. The van der Waals surface area contributed by atoms with Crippen molar-refractivity contribution in [3.05, 3.63) is 30.1 Å². The van der Waals surface area contributed by atoms with E-state index in [2.05, 4.69) is 9.88 Å². The third-order valence-electron chi connectivity index (χ3n) is 4.02. The molecule has 2 heterocycles. The van der Waals surface area contributed by atoms with Gasteiger partial charge in [-0.15, -0.1) is 0 Å². The lowest BCUT2D eigenvalue weighted by atomic mass is 10.1. The summed E-state index contributed by atoms with van der Waals surface area (Å²) in [5.74, 6) is 0. The Morgan fingerprint density at radius 2 is 1.95 bits per heavy atom. The van der Waals surface area contributed by atoms with Gasteiger partial charge in [-0.05, 0) is 24.2 Å². The van der Waals surface area contributed by atoms with Crippen LogP contribution in [0.5, 0.6) is 0 Å². The Morgan fingerprint density at radius 1 is 1.32 bits per heavy atom. The summed E-state index contributed by atoms with van der Waals surface area (Å²) < 4.78 is 26.9. The monoisotopic (exact) mass is 328 g/mol. The summed E-state index contributed by atoms with van der Waals surface area (Å²) in [7, 11) is -0.480. The molecule has 0 amide bonds. The number of β-amino-alcohol motifs (C(OH)–C–C–N with tert-alkyl or cyclic N) is 1. The minimum Gasteiger partial charge on any atom is -0.390 e. The van der Waals surface area contributed by atoms with Crippen molar-refractivity contribution in [3.63, 3.8) is 0 Å². The Morgan fingerprint density at radius 3 is 2.50 bits per heavy atom. The minimum atomic E-state index is -3.49. The minimum absolute atomic E-state index is 0.137. The molecular weight excluding hydrogens is 304 g/mol. The maximum Gasteiger partial charge on any atom is 0.281 e. The van der Waals surface area contributed by atoms with Crippen LogP contribution in [-0.2, 0) is 16.8 Å². The predicted molar refractivity (Wildman–Crippen MR) is 84.3 cm³/mol. The van der Waals surface area contributed by atoms with Crippen LogP contribution in [0.3, 0.4) is 0 Å². The molecule has 8 heteroatoms. The second-order valence-corrected chi connectivity index (χ2v) is 7.80. The topological polar surface area (TPSA) is 77.0 Å². The lowest BCUT2D eigenvalue weighted by Crippen LogP contribution is -2.43. The number of nitrogens with zero attached hydrogens (tertiary/aromatic N) is 4. The first-order chi connectivity index (χ1) is 10.4. The average Bonchev–Trinajstić information content (AvgIpc) is 2.88. The third-order valence-corrected chi connectivity index (χ3v) is 5.90. The van der Waals surface area contributed by atoms with E-state index < -0.39 is 16.3 Å². The Kier molecular flexibility index (Phi) is 5.51. The third kappa shape index (κ3) is 3.64. The van der Waals surface area contributed by atoms with Gasteiger partial charge >= 0.3 is 0 Å². The molecule has 0 unspecified atom stereocenters. The van der Waals surface area contributed by atoms with Gasteiger partial charge in [0, 0.05) is 46.1 Å². The first kappa shape index (κ1) is 17.3. The second-order valence-electron chi connectivity index (χ2n) is 5.66. The molecule has 1 fully saturated rings. The van der Waals surface area contributed by atoms with E-state index in [1.165, 1.54) is 22.7 Å². The summed E-state index contributed by atoms with van der Waals surface area (Å²) in [5.41, 5.74) is 1.10. The number of hydrogen-bond donors (Lipinski definition) is 1. The fraction of sp³-hybridized carbons (Fsp3) is 0.643. The molecule has 7 nitrogen and oxygen atoms in total. The fourth-order valence-corrected chi connectivity index (χ4v) is 3.84. The smallest absolute Gasteiger partial charge is 0.281 e. The van der Waals surface area contributed by atoms with Crippen molar-refractivity contribution in [1.29, 1.82) is 0 Å². The van der Waals surface area contributed by atoms with Crippen LogP contribution in [0.1, 0.15) is 12.5 Å². The van der Waals surface area contributed by atoms with Crippen LogP contribution in [0.4, 0.5) is 0 Å². The molecule has 1 aromatic rings. The van der Waals surface area contributed by atoms with Crippen LogP contribution in [0.15, 0.2) is 24.5 Å². The molecule has 1 N–H and O–H groups in total. The van der Waals surface area contributed by atoms with E-state index in [-0.39, 0.29) is 12.6 Å². The van der Waals surface area contributed by atoms with Crippen molar-refractivity contribution in [3.8, 4) is 0 Å². The van der Waals surface area contributed by atoms with Crippen molar-refractivity contribution in [2.45, 2.75) is 25.6 Å². The maximum atomic E-state index is 12.2. The lowest BCUT2D eigenvalue weighted by molar-refractivity contribution is 0.0817. The van der Waals surface area contributed by atoms with Gasteiger partial charge < -0.3 is 5.11 Å². The van der Waals surface area contributed by atoms with E-state index in [1.54, 1.807) is 12.4 Å². The molecule has 0 spiro atoms. The van der Waals surface area contributed by atoms with Crippen molar-refractivity contribution in [1.82, 2.24) is 18.5 Å². The molecule has 2 rings (SSSR count). The Labute approximate surface area is 132 Å². The van der Waals surface area contributed by atoms with Crippen molar-refractivity contribution >= 4 is 10.2 Å². The summed E-state index contributed by atoms with van der Waals surface area (Å²) in [6, 6.07) is 3.66. The van der Waals surface area contributed by atoms with E-state index in [0.29, 0.717) is 13.1 Å². The van der Waals surface area contributed by atoms with Crippen molar-refractivity contribution in [2.24, 2.45) is 0 Å². The van der Waals surface area contributed by atoms with Gasteiger partial charge in [0.2, 0.25) is 0 Å². The van der Waals surface area contributed by atoms with Gasteiger partial charge in [0.05, 0.1) is 12.1 Å². The molecule has 1 saturated heterocycles. The molecule has 0 saturated carbocycles. The molecule has 0 aliphatic carbocycles. The maximum absolute atomic E-state index is 12.2. The standard InChI is InChI=1S/C14H24N4O3S/c1-4-17(9-12-5-7-15-8-6-12)13-10-18(11-14(13)19)22(20,21)16(2)3/h5-8,13-14,19H,4,9-11H2,1-3H3/t13-,14-/m1/s1. The highest BCUT2D eigenvalue weighted by Gasteiger charge is 2.41. The van der Waals surface area contributed by atoms with Crippen LogP contribution in [0.25, 0.3) is 0 Å². The van der Waals surface area contributed by atoms with Crippen LogP contribution in [-0.4, -0.2) is 77.9 Å². The number of aliphatic hydroxyl groups excluding tert-OH is 1. The highest BCUT2D eigenvalue weighted by Crippen LogP contribution is 2.22. The number of aromatic nitrogens is 1. The number of likely N-dealkylation sites (N-methyl/N-ethyl adjacent to an activating group) is 1. The fourth-order valence-electron chi connectivity index (χ4n) is 2.70. The number of hydrogen-bond acceptors (Lipinski definition) is 5. The molecule has 0 bridgehead atoms. The largest absolute Gasteiger partial charge is 0.390 e. The second kappa shape index (κ2) is 7.01. The number of pyridine rings is 1. The van der Waals surface area contributed by atoms with Gasteiger partial charge in [-0.25, -0.2) is 0 Å². The average molecular weight is 328 g/mol. The Hall–Kier alpha value is -1.06. The predicted octanol–water partition coefficient (Wildman–Crippen LogP) is -0.245. The molecule has 0 aromatic carbocycles. The molecular formula is C14H24N4O3S. The van der Waals surface area contributed by atoms with Gasteiger partial charge in [-0.3, -0.25) is 9.88 Å². The number of aliphatic hydroxyl groups is 1. The van der Waals surface area contributed by atoms with Gasteiger partial charge in [-0.2, -0.15) is 17.0 Å².